The van der Waals surface area contributed by atoms with Crippen LogP contribution in [0.15, 0.2) is 24.3 Å². The van der Waals surface area contributed by atoms with Crippen molar-refractivity contribution in [1.29, 1.82) is 0 Å². The van der Waals surface area contributed by atoms with E-state index in [0.717, 1.165) is 18.6 Å². The Hall–Kier alpha value is -1.57. The minimum atomic E-state index is -0.795. The zero-order chi connectivity index (χ0) is 24.2. The molecule has 1 aliphatic carbocycles. The quantitative estimate of drug-likeness (QED) is 0.689. The van der Waals surface area contributed by atoms with E-state index in [1.165, 1.54) is 18.4 Å². The van der Waals surface area contributed by atoms with Crippen molar-refractivity contribution in [2.24, 2.45) is 11.3 Å². The topological polar surface area (TPSA) is 62.2 Å². The van der Waals surface area contributed by atoms with Crippen LogP contribution in [-0.2, 0) is 9.31 Å². The van der Waals surface area contributed by atoms with Crippen molar-refractivity contribution in [2.45, 2.75) is 84.5 Å². The Balaban J connectivity index is 1.32. The maximum atomic E-state index is 11.5. The SMILES string of the molecule is CC(C)(C)C1CN(C(=O)O)CCN1CC1CC(c2ccc(B3OC(C)(C)C(C)(C)O3)cc2)C1. The first-order valence-electron chi connectivity index (χ1n) is 12.4. The molecule has 1 aromatic carbocycles. The highest BCUT2D eigenvalue weighted by Gasteiger charge is 2.51. The maximum absolute atomic E-state index is 11.5. The van der Waals surface area contributed by atoms with E-state index in [2.05, 4.69) is 77.6 Å². The van der Waals surface area contributed by atoms with Crippen LogP contribution in [0.25, 0.3) is 0 Å². The van der Waals surface area contributed by atoms with Gasteiger partial charge in [-0.2, -0.15) is 0 Å². The van der Waals surface area contributed by atoms with Gasteiger partial charge in [0.05, 0.1) is 11.2 Å². The monoisotopic (exact) mass is 456 g/mol. The van der Waals surface area contributed by atoms with Crippen molar-refractivity contribution >= 4 is 18.7 Å². The summed E-state index contributed by atoms with van der Waals surface area (Å²) in [6, 6.07) is 9.06. The van der Waals surface area contributed by atoms with Gasteiger partial charge < -0.3 is 19.3 Å². The Morgan fingerprint density at radius 3 is 2.15 bits per heavy atom. The Labute approximate surface area is 199 Å². The van der Waals surface area contributed by atoms with Gasteiger partial charge in [-0.05, 0) is 68.8 Å². The fourth-order valence-electron chi connectivity index (χ4n) is 5.43. The third-order valence-electron chi connectivity index (χ3n) is 8.42. The predicted molar refractivity (Wildman–Crippen MR) is 132 cm³/mol. The van der Waals surface area contributed by atoms with Crippen LogP contribution in [0.4, 0.5) is 4.79 Å². The highest BCUT2D eigenvalue weighted by Crippen LogP contribution is 2.43. The summed E-state index contributed by atoms with van der Waals surface area (Å²) in [5.41, 5.74) is 1.89. The Kier molecular flexibility index (Phi) is 6.39. The van der Waals surface area contributed by atoms with Crippen molar-refractivity contribution in [3.8, 4) is 0 Å². The average molecular weight is 456 g/mol. The summed E-state index contributed by atoms with van der Waals surface area (Å²) in [5, 5.41) is 9.44. The molecule has 0 aromatic heterocycles. The normalized spacial score (nSPS) is 29.7. The molecule has 2 saturated heterocycles. The molecule has 1 saturated carbocycles. The molecule has 182 valence electrons. The molecular formula is C26H41BN2O4. The molecule has 2 heterocycles. The lowest BCUT2D eigenvalue weighted by atomic mass is 9.69. The van der Waals surface area contributed by atoms with Gasteiger partial charge >= 0.3 is 13.2 Å². The number of rotatable bonds is 4. The molecule has 1 unspecified atom stereocenters. The number of piperazine rings is 1. The molecule has 1 amide bonds. The summed E-state index contributed by atoms with van der Waals surface area (Å²) in [5.74, 6) is 1.29. The lowest BCUT2D eigenvalue weighted by Crippen LogP contribution is -2.60. The number of benzene rings is 1. The number of nitrogens with zero attached hydrogens (tertiary/aromatic N) is 2. The molecule has 0 radical (unpaired) electrons. The largest absolute Gasteiger partial charge is 0.494 e. The second-order valence-electron chi connectivity index (χ2n) is 12.4. The van der Waals surface area contributed by atoms with E-state index < -0.39 is 6.09 Å². The fraction of sp³-hybridized carbons (Fsp3) is 0.731. The molecule has 1 atom stereocenters. The summed E-state index contributed by atoms with van der Waals surface area (Å²) >= 11 is 0. The van der Waals surface area contributed by atoms with Crippen LogP contribution in [-0.4, -0.2) is 71.5 Å². The van der Waals surface area contributed by atoms with Gasteiger partial charge in [-0.15, -0.1) is 0 Å². The second-order valence-corrected chi connectivity index (χ2v) is 12.4. The number of carbonyl (C=O) groups is 1. The highest BCUT2D eigenvalue weighted by atomic mass is 16.7. The van der Waals surface area contributed by atoms with Gasteiger partial charge in [0.2, 0.25) is 0 Å². The molecule has 0 bridgehead atoms. The first-order chi connectivity index (χ1) is 15.3. The molecular weight excluding hydrogens is 415 g/mol. The number of hydrogen-bond donors (Lipinski definition) is 1. The molecule has 3 fully saturated rings. The van der Waals surface area contributed by atoms with Crippen LogP contribution in [0.1, 0.15) is 72.8 Å². The van der Waals surface area contributed by atoms with Crippen LogP contribution in [0.2, 0.25) is 0 Å². The Bertz CT molecular complexity index is 842. The first kappa shape index (κ1) is 24.6. The lowest BCUT2D eigenvalue weighted by Gasteiger charge is -2.49. The van der Waals surface area contributed by atoms with Crippen molar-refractivity contribution in [1.82, 2.24) is 9.80 Å². The predicted octanol–water partition coefficient (Wildman–Crippen LogP) is 4.19. The number of hydrogen-bond acceptors (Lipinski definition) is 4. The molecule has 7 heteroatoms. The van der Waals surface area contributed by atoms with Gasteiger partial charge in [-0.25, -0.2) is 4.79 Å². The third-order valence-corrected chi connectivity index (χ3v) is 8.42. The smallest absolute Gasteiger partial charge is 0.465 e. The van der Waals surface area contributed by atoms with Gasteiger partial charge in [-0.1, -0.05) is 45.0 Å². The minimum absolute atomic E-state index is 0.0562. The molecule has 1 N–H and O–H groups in total. The van der Waals surface area contributed by atoms with Crippen molar-refractivity contribution in [3.63, 3.8) is 0 Å². The van der Waals surface area contributed by atoms with Crippen molar-refractivity contribution < 1.29 is 19.2 Å². The molecule has 1 aromatic rings. The van der Waals surface area contributed by atoms with Crippen molar-refractivity contribution in [3.05, 3.63) is 29.8 Å². The number of carboxylic acid groups (broad SMARTS) is 1. The molecule has 0 spiro atoms. The molecule has 4 rings (SSSR count). The summed E-state index contributed by atoms with van der Waals surface area (Å²) in [6.07, 6.45) is 1.61. The fourth-order valence-corrected chi connectivity index (χ4v) is 5.43. The van der Waals surface area contributed by atoms with Gasteiger partial charge in [0.15, 0.2) is 0 Å². The second kappa shape index (κ2) is 8.58. The van der Waals surface area contributed by atoms with E-state index in [1.807, 2.05) is 0 Å². The summed E-state index contributed by atoms with van der Waals surface area (Å²) in [7, 11) is -0.308. The summed E-state index contributed by atoms with van der Waals surface area (Å²) in [4.78, 5) is 15.6. The zero-order valence-electron chi connectivity index (χ0n) is 21.4. The molecule has 3 aliphatic rings. The number of amides is 1. The van der Waals surface area contributed by atoms with E-state index in [-0.39, 0.29) is 29.8 Å². The van der Waals surface area contributed by atoms with Gasteiger partial charge in [-0.3, -0.25) is 4.90 Å². The zero-order valence-corrected chi connectivity index (χ0v) is 21.4. The van der Waals surface area contributed by atoms with E-state index in [1.54, 1.807) is 4.90 Å². The molecule has 2 aliphatic heterocycles. The minimum Gasteiger partial charge on any atom is -0.465 e. The maximum Gasteiger partial charge on any atom is 0.494 e. The van der Waals surface area contributed by atoms with Crippen LogP contribution in [0.3, 0.4) is 0 Å². The third kappa shape index (κ3) is 4.96. The van der Waals surface area contributed by atoms with E-state index in [0.29, 0.717) is 24.9 Å². The highest BCUT2D eigenvalue weighted by molar-refractivity contribution is 6.62. The van der Waals surface area contributed by atoms with Crippen LogP contribution in [0, 0.1) is 11.3 Å². The lowest BCUT2D eigenvalue weighted by molar-refractivity contribution is 0.00119. The van der Waals surface area contributed by atoms with E-state index in [9.17, 15) is 9.90 Å². The summed E-state index contributed by atoms with van der Waals surface area (Å²) in [6.45, 7) is 18.1. The average Bonchev–Trinajstić information content (AvgIpc) is 2.91. The van der Waals surface area contributed by atoms with Crippen LogP contribution < -0.4 is 5.46 Å². The van der Waals surface area contributed by atoms with Gasteiger partial charge in [0, 0.05) is 32.2 Å². The first-order valence-corrected chi connectivity index (χ1v) is 12.4. The van der Waals surface area contributed by atoms with E-state index in [4.69, 9.17) is 9.31 Å². The summed E-state index contributed by atoms with van der Waals surface area (Å²) < 4.78 is 12.4. The molecule has 6 nitrogen and oxygen atoms in total. The standard InChI is InChI=1S/C26H41BN2O4/c1-24(2,3)22-17-29(23(30)31)13-12-28(22)16-18-14-20(15-18)19-8-10-21(11-9-19)27-32-25(4,5)26(6,7)33-27/h8-11,18,20,22H,12-17H2,1-7H3,(H,30,31). The Morgan fingerprint density at radius 1 is 1.06 bits per heavy atom. The molecule has 33 heavy (non-hydrogen) atoms. The van der Waals surface area contributed by atoms with Gasteiger partial charge in [0.25, 0.3) is 0 Å². The van der Waals surface area contributed by atoms with Crippen LogP contribution >= 0.6 is 0 Å². The van der Waals surface area contributed by atoms with Gasteiger partial charge in [0.1, 0.15) is 0 Å². The van der Waals surface area contributed by atoms with Crippen LogP contribution in [0.5, 0.6) is 0 Å². The van der Waals surface area contributed by atoms with Crippen molar-refractivity contribution in [2.75, 3.05) is 26.2 Å². The Morgan fingerprint density at radius 2 is 1.64 bits per heavy atom. The van der Waals surface area contributed by atoms with E-state index >= 15 is 0 Å².